The summed E-state index contributed by atoms with van der Waals surface area (Å²) >= 11 is 0. The number of ether oxygens (including phenoxy) is 1. The quantitative estimate of drug-likeness (QED) is 0.704. The summed E-state index contributed by atoms with van der Waals surface area (Å²) in [5.41, 5.74) is 3.24. The Kier molecular flexibility index (Phi) is 5.58. The summed E-state index contributed by atoms with van der Waals surface area (Å²) in [6, 6.07) is 15.5. The number of carbonyl (C=O) groups is 1. The van der Waals surface area contributed by atoms with Gasteiger partial charge in [0.1, 0.15) is 12.3 Å². The Bertz CT molecular complexity index is 891. The van der Waals surface area contributed by atoms with E-state index in [1.54, 1.807) is 7.11 Å². The number of rotatable bonds is 7. The highest BCUT2D eigenvalue weighted by Gasteiger charge is 2.10. The average Bonchev–Trinajstić information content (AvgIpc) is 3.12. The molecule has 134 valence electrons. The zero-order valence-corrected chi connectivity index (χ0v) is 14.8. The zero-order valence-electron chi connectivity index (χ0n) is 14.8. The Labute approximate surface area is 152 Å². The van der Waals surface area contributed by atoms with Gasteiger partial charge in [0.2, 0.25) is 11.7 Å². The van der Waals surface area contributed by atoms with Crippen LogP contribution in [-0.4, -0.2) is 39.8 Å². The second kappa shape index (κ2) is 8.24. The van der Waals surface area contributed by atoms with Gasteiger partial charge in [0.05, 0.1) is 7.11 Å². The average molecular weight is 351 g/mol. The molecule has 0 aliphatic rings. The summed E-state index contributed by atoms with van der Waals surface area (Å²) in [5, 5.41) is 15.1. The number of methoxy groups -OCH3 is 1. The number of hydrogen-bond acceptors (Lipinski definition) is 5. The van der Waals surface area contributed by atoms with Gasteiger partial charge in [-0.2, -0.15) is 4.80 Å². The predicted octanol–water partition coefficient (Wildman–Crippen LogP) is 2.02. The van der Waals surface area contributed by atoms with Crippen molar-refractivity contribution in [3.63, 3.8) is 0 Å². The fourth-order valence-corrected chi connectivity index (χ4v) is 2.60. The minimum absolute atomic E-state index is 0.0325. The van der Waals surface area contributed by atoms with Crippen molar-refractivity contribution in [2.75, 3.05) is 13.7 Å². The highest BCUT2D eigenvalue weighted by molar-refractivity contribution is 5.75. The SMILES string of the molecule is COc1cccc(-c2nnn(CC(=O)NCCc3ccccc3C)n2)c1. The van der Waals surface area contributed by atoms with Crippen molar-refractivity contribution in [1.29, 1.82) is 0 Å². The number of aromatic nitrogens is 4. The molecule has 0 saturated heterocycles. The monoisotopic (exact) mass is 351 g/mol. The van der Waals surface area contributed by atoms with E-state index >= 15 is 0 Å². The van der Waals surface area contributed by atoms with E-state index in [9.17, 15) is 4.79 Å². The molecule has 0 aliphatic heterocycles. The van der Waals surface area contributed by atoms with Gasteiger partial charge in [0.25, 0.3) is 0 Å². The molecule has 7 nitrogen and oxygen atoms in total. The predicted molar refractivity (Wildman–Crippen MR) is 97.7 cm³/mol. The molecule has 0 atom stereocenters. The third kappa shape index (κ3) is 4.44. The lowest BCUT2D eigenvalue weighted by Gasteiger charge is -2.07. The molecule has 0 saturated carbocycles. The van der Waals surface area contributed by atoms with Gasteiger partial charge in [0, 0.05) is 12.1 Å². The summed E-state index contributed by atoms with van der Waals surface area (Å²) in [7, 11) is 1.60. The largest absolute Gasteiger partial charge is 0.497 e. The molecule has 3 rings (SSSR count). The lowest BCUT2D eigenvalue weighted by Crippen LogP contribution is -2.30. The molecule has 0 aliphatic carbocycles. The summed E-state index contributed by atoms with van der Waals surface area (Å²) < 4.78 is 5.19. The van der Waals surface area contributed by atoms with Crippen LogP contribution in [0.4, 0.5) is 0 Å². The number of nitrogens with one attached hydrogen (secondary N) is 1. The number of tetrazole rings is 1. The van der Waals surface area contributed by atoms with Crippen LogP contribution in [0.5, 0.6) is 5.75 Å². The van der Waals surface area contributed by atoms with E-state index in [0.29, 0.717) is 18.1 Å². The van der Waals surface area contributed by atoms with Crippen LogP contribution >= 0.6 is 0 Å². The fraction of sp³-hybridized carbons (Fsp3) is 0.263. The molecule has 0 radical (unpaired) electrons. The molecule has 1 N–H and O–H groups in total. The van der Waals surface area contributed by atoms with Gasteiger partial charge in [-0.05, 0) is 41.8 Å². The Balaban J connectivity index is 1.53. The molecule has 7 heteroatoms. The Morgan fingerprint density at radius 1 is 1.19 bits per heavy atom. The van der Waals surface area contributed by atoms with Crippen LogP contribution in [0.1, 0.15) is 11.1 Å². The number of nitrogens with zero attached hydrogens (tertiary/aromatic N) is 4. The van der Waals surface area contributed by atoms with E-state index in [-0.39, 0.29) is 12.5 Å². The summed E-state index contributed by atoms with van der Waals surface area (Å²) in [5.74, 6) is 1.03. The molecular formula is C19H21N5O2. The molecular weight excluding hydrogens is 330 g/mol. The van der Waals surface area contributed by atoms with E-state index < -0.39 is 0 Å². The van der Waals surface area contributed by atoms with Crippen molar-refractivity contribution in [3.05, 3.63) is 59.7 Å². The van der Waals surface area contributed by atoms with E-state index in [1.807, 2.05) is 36.4 Å². The minimum atomic E-state index is -0.145. The fourth-order valence-electron chi connectivity index (χ4n) is 2.60. The summed E-state index contributed by atoms with van der Waals surface area (Å²) in [6.45, 7) is 2.67. The number of aryl methyl sites for hydroxylation is 1. The molecule has 0 unspecified atom stereocenters. The number of amides is 1. The van der Waals surface area contributed by atoms with Crippen LogP contribution in [0.15, 0.2) is 48.5 Å². The van der Waals surface area contributed by atoms with Crippen molar-refractivity contribution < 1.29 is 9.53 Å². The third-order valence-corrected chi connectivity index (χ3v) is 4.04. The first-order chi connectivity index (χ1) is 12.7. The maximum Gasteiger partial charge on any atom is 0.243 e. The number of hydrogen-bond donors (Lipinski definition) is 1. The van der Waals surface area contributed by atoms with E-state index in [0.717, 1.165) is 12.0 Å². The van der Waals surface area contributed by atoms with Crippen LogP contribution in [0.2, 0.25) is 0 Å². The van der Waals surface area contributed by atoms with Gasteiger partial charge in [-0.15, -0.1) is 10.2 Å². The maximum atomic E-state index is 12.1. The molecule has 0 bridgehead atoms. The van der Waals surface area contributed by atoms with Gasteiger partial charge in [-0.1, -0.05) is 36.4 Å². The molecule has 0 spiro atoms. The van der Waals surface area contributed by atoms with Crippen LogP contribution in [0.25, 0.3) is 11.4 Å². The Hall–Kier alpha value is -3.22. The van der Waals surface area contributed by atoms with Gasteiger partial charge < -0.3 is 10.1 Å². The van der Waals surface area contributed by atoms with Crippen LogP contribution in [-0.2, 0) is 17.8 Å². The van der Waals surface area contributed by atoms with Gasteiger partial charge in [0.15, 0.2) is 0 Å². The second-order valence-corrected chi connectivity index (χ2v) is 5.90. The van der Waals surface area contributed by atoms with Gasteiger partial charge in [-0.25, -0.2) is 0 Å². The van der Waals surface area contributed by atoms with Crippen molar-refractivity contribution in [1.82, 2.24) is 25.5 Å². The van der Waals surface area contributed by atoms with Crippen LogP contribution in [0.3, 0.4) is 0 Å². The molecule has 26 heavy (non-hydrogen) atoms. The first-order valence-corrected chi connectivity index (χ1v) is 8.39. The molecule has 1 amide bonds. The van der Waals surface area contributed by atoms with Gasteiger partial charge in [-0.3, -0.25) is 4.79 Å². The number of carbonyl (C=O) groups excluding carboxylic acids is 1. The smallest absolute Gasteiger partial charge is 0.243 e. The van der Waals surface area contributed by atoms with E-state index in [2.05, 4.69) is 39.8 Å². The van der Waals surface area contributed by atoms with Crippen LogP contribution < -0.4 is 10.1 Å². The standard InChI is InChI=1S/C19H21N5O2/c1-14-6-3-4-7-15(14)10-11-20-18(25)13-24-22-19(21-23-24)16-8-5-9-17(12-16)26-2/h3-9,12H,10-11,13H2,1-2H3,(H,20,25). The second-order valence-electron chi connectivity index (χ2n) is 5.90. The highest BCUT2D eigenvalue weighted by atomic mass is 16.5. The van der Waals surface area contributed by atoms with Crippen LogP contribution in [0, 0.1) is 6.92 Å². The molecule has 0 fully saturated rings. The Morgan fingerprint density at radius 2 is 2.04 bits per heavy atom. The molecule has 2 aromatic carbocycles. The minimum Gasteiger partial charge on any atom is -0.497 e. The molecule has 1 heterocycles. The first kappa shape index (κ1) is 17.6. The topological polar surface area (TPSA) is 81.9 Å². The summed E-state index contributed by atoms with van der Waals surface area (Å²) in [4.78, 5) is 13.4. The first-order valence-electron chi connectivity index (χ1n) is 8.39. The number of benzene rings is 2. The van der Waals surface area contributed by atoms with E-state index in [1.165, 1.54) is 15.9 Å². The van der Waals surface area contributed by atoms with Gasteiger partial charge >= 0.3 is 0 Å². The molecule has 3 aromatic rings. The lowest BCUT2D eigenvalue weighted by molar-refractivity contribution is -0.122. The summed E-state index contributed by atoms with van der Waals surface area (Å²) in [6.07, 6.45) is 0.790. The van der Waals surface area contributed by atoms with Crippen molar-refractivity contribution in [2.45, 2.75) is 19.9 Å². The highest BCUT2D eigenvalue weighted by Crippen LogP contribution is 2.19. The third-order valence-electron chi connectivity index (χ3n) is 4.04. The zero-order chi connectivity index (χ0) is 18.4. The lowest BCUT2D eigenvalue weighted by atomic mass is 10.1. The molecule has 1 aromatic heterocycles. The van der Waals surface area contributed by atoms with E-state index in [4.69, 9.17) is 4.74 Å². The Morgan fingerprint density at radius 3 is 2.85 bits per heavy atom. The van der Waals surface area contributed by atoms with Crippen molar-refractivity contribution in [3.8, 4) is 17.1 Å². The van der Waals surface area contributed by atoms with Crippen molar-refractivity contribution in [2.24, 2.45) is 0 Å². The normalized spacial score (nSPS) is 10.5. The van der Waals surface area contributed by atoms with Crippen molar-refractivity contribution >= 4 is 5.91 Å². The maximum absolute atomic E-state index is 12.1.